The Bertz CT molecular complexity index is 1050. The lowest BCUT2D eigenvalue weighted by atomic mass is 10.0. The van der Waals surface area contributed by atoms with E-state index >= 15 is 0 Å². The minimum Gasteiger partial charge on any atom is -0.507 e. The van der Waals surface area contributed by atoms with Gasteiger partial charge in [-0.05, 0) is 56.4 Å². The van der Waals surface area contributed by atoms with Crippen LogP contribution in [0.4, 0.5) is 19.3 Å². The number of aliphatic imine (C=N–C) groups is 1. The summed E-state index contributed by atoms with van der Waals surface area (Å²) >= 11 is 0. The number of hydrogen-bond acceptors (Lipinski definition) is 5. The predicted octanol–water partition coefficient (Wildman–Crippen LogP) is 5.13. The normalized spacial score (nSPS) is 12.6. The minimum atomic E-state index is -1.61. The highest BCUT2D eigenvalue weighted by Gasteiger charge is 2.30. The van der Waals surface area contributed by atoms with Crippen LogP contribution in [0.3, 0.4) is 0 Å². The van der Waals surface area contributed by atoms with Crippen molar-refractivity contribution < 1.29 is 23.8 Å². The summed E-state index contributed by atoms with van der Waals surface area (Å²) in [6.07, 6.45) is 0.869. The average molecular weight is 475 g/mol. The highest BCUT2D eigenvalue weighted by atomic mass is 19.1. The number of halogens is 2. The quantitative estimate of drug-likeness (QED) is 0.390. The number of rotatable bonds is 9. The summed E-state index contributed by atoms with van der Waals surface area (Å²) in [4.78, 5) is 24.3. The van der Waals surface area contributed by atoms with Gasteiger partial charge in [0.1, 0.15) is 17.4 Å². The number of phenolic OH excluding ortho intramolecular Hbond substituents is 1. The molecule has 2 amide bonds. The van der Waals surface area contributed by atoms with Gasteiger partial charge in [0.05, 0.1) is 22.7 Å². The van der Waals surface area contributed by atoms with Crippen LogP contribution in [-0.4, -0.2) is 51.8 Å². The molecule has 0 bridgehead atoms. The largest absolute Gasteiger partial charge is 0.507 e. The molecule has 0 fully saturated rings. The van der Waals surface area contributed by atoms with Crippen LogP contribution in [-0.2, 0) is 6.42 Å². The fraction of sp³-hybridized carbons (Fsp3) is 0.400. The van der Waals surface area contributed by atoms with E-state index in [2.05, 4.69) is 16.6 Å². The molecule has 184 valence electrons. The van der Waals surface area contributed by atoms with Crippen LogP contribution >= 0.6 is 0 Å². The number of amides is 2. The maximum atomic E-state index is 14.4. The zero-order valence-corrected chi connectivity index (χ0v) is 20.2. The number of anilines is 1. The number of carbonyl (C=O) groups excluding carboxylic acids is 1. The molecule has 1 unspecified atom stereocenters. The van der Waals surface area contributed by atoms with E-state index in [1.54, 1.807) is 12.3 Å². The lowest BCUT2D eigenvalue weighted by Crippen LogP contribution is -2.44. The van der Waals surface area contributed by atoms with Gasteiger partial charge in [0.15, 0.2) is 6.30 Å². The minimum absolute atomic E-state index is 0.0566. The van der Waals surface area contributed by atoms with Crippen molar-refractivity contribution in [2.24, 2.45) is 4.99 Å². The molecule has 0 aliphatic heterocycles. The third kappa shape index (κ3) is 5.96. The number of nitrogens with zero attached hydrogens (tertiary/aromatic N) is 4. The fourth-order valence-electron chi connectivity index (χ4n) is 3.48. The highest BCUT2D eigenvalue weighted by molar-refractivity contribution is 6.03. The summed E-state index contributed by atoms with van der Waals surface area (Å²) in [7, 11) is 1.31. The molecule has 1 aromatic heterocycles. The molecular formula is C25H32F2N4O3. The second kappa shape index (κ2) is 11.7. The standard InChI is InChI=1S/C25H32F2N4O3/c1-15(2)23-24(19(9-8-14-32)12-13-28-23)31(25(34)30(6)17(4)26)18(5)29-16(3)22-20(27)10-7-11-21(22)33/h7,10-13,15,17,32-33H,5,8-9,14H2,1-4,6H3. The fourth-order valence-corrected chi connectivity index (χ4v) is 3.48. The molecule has 0 spiro atoms. The molecule has 1 atom stereocenters. The molecule has 0 saturated carbocycles. The second-order valence-electron chi connectivity index (χ2n) is 8.24. The highest BCUT2D eigenvalue weighted by Crippen LogP contribution is 2.34. The van der Waals surface area contributed by atoms with Crippen molar-refractivity contribution in [1.29, 1.82) is 0 Å². The number of carbonyl (C=O) groups is 1. The number of aliphatic hydroxyl groups excluding tert-OH is 1. The van der Waals surface area contributed by atoms with Gasteiger partial charge in [0.2, 0.25) is 0 Å². The molecule has 9 heteroatoms. The number of urea groups is 1. The van der Waals surface area contributed by atoms with Gasteiger partial charge in [-0.15, -0.1) is 0 Å². The van der Waals surface area contributed by atoms with Crippen molar-refractivity contribution >= 4 is 17.4 Å². The molecule has 0 radical (unpaired) electrons. The van der Waals surface area contributed by atoms with Crippen LogP contribution in [0.1, 0.15) is 56.9 Å². The van der Waals surface area contributed by atoms with E-state index in [0.717, 1.165) is 9.80 Å². The number of aromatic hydroxyl groups is 1. The number of aliphatic hydroxyl groups is 1. The molecule has 0 aliphatic carbocycles. The van der Waals surface area contributed by atoms with E-state index < -0.39 is 18.1 Å². The van der Waals surface area contributed by atoms with Crippen molar-refractivity contribution in [1.82, 2.24) is 9.88 Å². The first kappa shape index (κ1) is 26.9. The third-order valence-electron chi connectivity index (χ3n) is 5.35. The number of benzene rings is 1. The first-order valence-corrected chi connectivity index (χ1v) is 11.0. The Balaban J connectivity index is 2.73. The Labute approximate surface area is 199 Å². The first-order valence-electron chi connectivity index (χ1n) is 11.0. The van der Waals surface area contributed by atoms with Gasteiger partial charge >= 0.3 is 6.03 Å². The smallest absolute Gasteiger partial charge is 0.332 e. The topological polar surface area (TPSA) is 89.3 Å². The van der Waals surface area contributed by atoms with Gasteiger partial charge in [-0.3, -0.25) is 9.88 Å². The van der Waals surface area contributed by atoms with Crippen molar-refractivity contribution in [3.05, 3.63) is 65.5 Å². The molecule has 0 saturated heterocycles. The molecule has 1 heterocycles. The lowest BCUT2D eigenvalue weighted by Gasteiger charge is -2.32. The van der Waals surface area contributed by atoms with Crippen molar-refractivity contribution in [3.8, 4) is 5.75 Å². The van der Waals surface area contributed by atoms with E-state index in [0.29, 0.717) is 29.8 Å². The number of pyridine rings is 1. The van der Waals surface area contributed by atoms with E-state index in [1.165, 1.54) is 39.1 Å². The van der Waals surface area contributed by atoms with Gasteiger partial charge in [-0.1, -0.05) is 26.5 Å². The van der Waals surface area contributed by atoms with Crippen LogP contribution in [0.2, 0.25) is 0 Å². The van der Waals surface area contributed by atoms with Gasteiger partial charge in [-0.2, -0.15) is 0 Å². The van der Waals surface area contributed by atoms with E-state index in [9.17, 15) is 23.8 Å². The van der Waals surface area contributed by atoms with Gasteiger partial charge in [-0.25, -0.2) is 23.5 Å². The SMILES string of the molecule is C=C(N=C(C)c1c(O)cccc1F)N(C(=O)N(C)C(C)F)c1c(CCCO)ccnc1C(C)C. The molecule has 1 aromatic carbocycles. The zero-order chi connectivity index (χ0) is 25.6. The molecule has 0 aliphatic rings. The van der Waals surface area contributed by atoms with Crippen LogP contribution in [0, 0.1) is 5.82 Å². The molecule has 34 heavy (non-hydrogen) atoms. The average Bonchev–Trinajstić information content (AvgIpc) is 2.77. The Morgan fingerprint density at radius 3 is 2.50 bits per heavy atom. The van der Waals surface area contributed by atoms with E-state index in [1.807, 2.05) is 13.8 Å². The second-order valence-corrected chi connectivity index (χ2v) is 8.24. The molecule has 2 aromatic rings. The number of hydrogen-bond donors (Lipinski definition) is 2. The Kier molecular flexibility index (Phi) is 9.26. The van der Waals surface area contributed by atoms with Crippen LogP contribution in [0.25, 0.3) is 0 Å². The van der Waals surface area contributed by atoms with E-state index in [-0.39, 0.29) is 35.4 Å². The summed E-state index contributed by atoms with van der Waals surface area (Å²) in [5.74, 6) is -1.21. The third-order valence-corrected chi connectivity index (χ3v) is 5.35. The van der Waals surface area contributed by atoms with Crippen LogP contribution in [0.5, 0.6) is 5.75 Å². The van der Waals surface area contributed by atoms with Crippen LogP contribution in [0.15, 0.2) is 47.9 Å². The molecule has 2 N–H and O–H groups in total. The van der Waals surface area contributed by atoms with Gasteiger partial charge in [0, 0.05) is 19.9 Å². The monoisotopic (exact) mass is 474 g/mol. The van der Waals surface area contributed by atoms with E-state index in [4.69, 9.17) is 0 Å². The maximum Gasteiger partial charge on any atom is 0.332 e. The summed E-state index contributed by atoms with van der Waals surface area (Å²) in [6, 6.07) is 4.86. The summed E-state index contributed by atoms with van der Waals surface area (Å²) in [5, 5.41) is 19.5. The predicted molar refractivity (Wildman–Crippen MR) is 129 cm³/mol. The number of alkyl halides is 1. The lowest BCUT2D eigenvalue weighted by molar-refractivity contribution is 0.144. The molecule has 7 nitrogen and oxygen atoms in total. The summed E-state index contributed by atoms with van der Waals surface area (Å²) < 4.78 is 28.6. The van der Waals surface area contributed by atoms with Crippen LogP contribution < -0.4 is 4.90 Å². The van der Waals surface area contributed by atoms with Crippen molar-refractivity contribution in [2.75, 3.05) is 18.6 Å². The van der Waals surface area contributed by atoms with Crippen molar-refractivity contribution in [2.45, 2.75) is 52.8 Å². The van der Waals surface area contributed by atoms with Gasteiger partial charge < -0.3 is 10.2 Å². The maximum absolute atomic E-state index is 14.4. The summed E-state index contributed by atoms with van der Waals surface area (Å²) in [5.41, 5.74) is 1.61. The van der Waals surface area contributed by atoms with Gasteiger partial charge in [0.25, 0.3) is 0 Å². The molecular weight excluding hydrogens is 442 g/mol. The van der Waals surface area contributed by atoms with Crippen molar-refractivity contribution in [3.63, 3.8) is 0 Å². The molecule has 2 rings (SSSR count). The number of aromatic nitrogens is 1. The summed E-state index contributed by atoms with van der Waals surface area (Å²) in [6.45, 7) is 10.4. The Morgan fingerprint density at radius 2 is 1.94 bits per heavy atom. The number of phenols is 1. The zero-order valence-electron chi connectivity index (χ0n) is 20.2. The Morgan fingerprint density at radius 1 is 1.26 bits per heavy atom. The Hall–Kier alpha value is -3.33. The number of aryl methyl sites for hydroxylation is 1. The first-order chi connectivity index (χ1) is 16.0.